The fourth-order valence-electron chi connectivity index (χ4n) is 2.77. The average molecular weight is 368 g/mol. The first-order chi connectivity index (χ1) is 13.0. The van der Waals surface area contributed by atoms with Crippen LogP contribution in [-0.2, 0) is 17.8 Å². The molecule has 2 aromatic carbocycles. The van der Waals surface area contributed by atoms with Gasteiger partial charge >= 0.3 is 11.6 Å². The summed E-state index contributed by atoms with van der Waals surface area (Å²) in [6.45, 7) is 1.97. The van der Waals surface area contributed by atoms with Crippen LogP contribution in [0.5, 0.6) is 11.5 Å². The van der Waals surface area contributed by atoms with Crippen LogP contribution < -0.4 is 15.1 Å². The van der Waals surface area contributed by atoms with Crippen LogP contribution in [0.3, 0.4) is 0 Å². The number of methoxy groups -OCH3 is 2. The lowest BCUT2D eigenvalue weighted by Gasteiger charge is -2.10. The van der Waals surface area contributed by atoms with E-state index in [9.17, 15) is 9.59 Å². The molecule has 6 nitrogen and oxygen atoms in total. The first-order valence-corrected chi connectivity index (χ1v) is 8.50. The molecule has 0 spiro atoms. The van der Waals surface area contributed by atoms with Crippen LogP contribution in [0.25, 0.3) is 11.0 Å². The van der Waals surface area contributed by atoms with Crippen molar-refractivity contribution in [3.05, 3.63) is 69.6 Å². The maximum atomic E-state index is 12.4. The molecule has 0 unspecified atom stereocenters. The SMILES string of the molecule is CCc1ccc2c(COC(=O)c3cc(OC)cc(OC)c3)cc(=O)oc2c1. The van der Waals surface area contributed by atoms with Crippen molar-refractivity contribution in [2.45, 2.75) is 20.0 Å². The minimum atomic E-state index is -0.543. The lowest BCUT2D eigenvalue weighted by atomic mass is 10.1. The Morgan fingerprint density at radius 2 is 1.70 bits per heavy atom. The molecule has 0 N–H and O–H groups in total. The van der Waals surface area contributed by atoms with Gasteiger partial charge in [-0.1, -0.05) is 19.1 Å². The smallest absolute Gasteiger partial charge is 0.338 e. The fourth-order valence-corrected chi connectivity index (χ4v) is 2.77. The molecule has 3 rings (SSSR count). The van der Waals surface area contributed by atoms with Gasteiger partial charge in [0.05, 0.1) is 19.8 Å². The van der Waals surface area contributed by atoms with Crippen molar-refractivity contribution in [1.82, 2.24) is 0 Å². The van der Waals surface area contributed by atoms with E-state index in [1.165, 1.54) is 20.3 Å². The Morgan fingerprint density at radius 1 is 1.00 bits per heavy atom. The zero-order valence-electron chi connectivity index (χ0n) is 15.4. The molecule has 0 bridgehead atoms. The van der Waals surface area contributed by atoms with Gasteiger partial charge in [-0.3, -0.25) is 0 Å². The molecule has 0 amide bonds. The summed E-state index contributed by atoms with van der Waals surface area (Å²) in [5.74, 6) is 0.428. The number of ether oxygens (including phenoxy) is 3. The van der Waals surface area contributed by atoms with Crippen LogP contribution in [0.2, 0.25) is 0 Å². The van der Waals surface area contributed by atoms with E-state index in [0.717, 1.165) is 17.4 Å². The van der Waals surface area contributed by atoms with Gasteiger partial charge in [-0.2, -0.15) is 0 Å². The van der Waals surface area contributed by atoms with Gasteiger partial charge in [0, 0.05) is 23.1 Å². The Hall–Kier alpha value is -3.28. The molecule has 0 radical (unpaired) electrons. The molecular weight excluding hydrogens is 348 g/mol. The van der Waals surface area contributed by atoms with Crippen molar-refractivity contribution in [1.29, 1.82) is 0 Å². The minimum absolute atomic E-state index is 0.0497. The monoisotopic (exact) mass is 368 g/mol. The average Bonchev–Trinajstić information content (AvgIpc) is 2.70. The summed E-state index contributed by atoms with van der Waals surface area (Å²) >= 11 is 0. The van der Waals surface area contributed by atoms with Gasteiger partial charge in [-0.25, -0.2) is 9.59 Å². The highest BCUT2D eigenvalue weighted by atomic mass is 16.5. The van der Waals surface area contributed by atoms with Gasteiger partial charge in [0.25, 0.3) is 0 Å². The molecule has 0 saturated heterocycles. The predicted molar refractivity (Wildman–Crippen MR) is 101 cm³/mol. The highest BCUT2D eigenvalue weighted by molar-refractivity contribution is 5.90. The molecule has 3 aromatic rings. The molecule has 0 aliphatic rings. The summed E-state index contributed by atoms with van der Waals surface area (Å²) in [6, 6.07) is 11.8. The summed E-state index contributed by atoms with van der Waals surface area (Å²) in [6.07, 6.45) is 0.830. The summed E-state index contributed by atoms with van der Waals surface area (Å²) in [5, 5.41) is 0.739. The topological polar surface area (TPSA) is 75.0 Å². The second-order valence-electron chi connectivity index (χ2n) is 5.95. The third-order valence-electron chi connectivity index (χ3n) is 4.25. The van der Waals surface area contributed by atoms with E-state index in [4.69, 9.17) is 18.6 Å². The number of carbonyl (C=O) groups excluding carboxylic acids is 1. The quantitative estimate of drug-likeness (QED) is 0.487. The molecule has 6 heteroatoms. The lowest BCUT2D eigenvalue weighted by molar-refractivity contribution is 0.0473. The first-order valence-electron chi connectivity index (χ1n) is 8.50. The lowest BCUT2D eigenvalue weighted by Crippen LogP contribution is -2.08. The number of aryl methyl sites for hydroxylation is 1. The number of esters is 1. The third kappa shape index (κ3) is 4.11. The normalized spacial score (nSPS) is 10.6. The Bertz CT molecular complexity index is 1010. The van der Waals surface area contributed by atoms with Crippen molar-refractivity contribution in [2.24, 2.45) is 0 Å². The molecule has 0 aliphatic heterocycles. The Balaban J connectivity index is 1.86. The second kappa shape index (κ2) is 7.95. The number of fused-ring (bicyclic) bond motifs is 1. The van der Waals surface area contributed by atoms with Gasteiger partial charge < -0.3 is 18.6 Å². The highest BCUT2D eigenvalue weighted by Gasteiger charge is 2.13. The number of rotatable bonds is 6. The van der Waals surface area contributed by atoms with Crippen molar-refractivity contribution in [3.63, 3.8) is 0 Å². The van der Waals surface area contributed by atoms with Crippen molar-refractivity contribution in [2.75, 3.05) is 14.2 Å². The molecule has 0 atom stereocenters. The van der Waals surface area contributed by atoms with Crippen molar-refractivity contribution >= 4 is 16.9 Å². The van der Waals surface area contributed by atoms with Gasteiger partial charge in [-0.05, 0) is 30.2 Å². The molecule has 1 heterocycles. The zero-order chi connectivity index (χ0) is 19.4. The van der Waals surface area contributed by atoms with E-state index in [1.54, 1.807) is 18.2 Å². The van der Waals surface area contributed by atoms with Crippen LogP contribution in [0, 0.1) is 0 Å². The second-order valence-corrected chi connectivity index (χ2v) is 5.95. The van der Waals surface area contributed by atoms with E-state index in [1.807, 2.05) is 25.1 Å². The van der Waals surface area contributed by atoms with E-state index in [-0.39, 0.29) is 6.61 Å². The fraction of sp³-hybridized carbons (Fsp3) is 0.238. The van der Waals surface area contributed by atoms with Crippen LogP contribution in [0.1, 0.15) is 28.4 Å². The molecule has 0 saturated carbocycles. The summed E-state index contributed by atoms with van der Waals surface area (Å²) in [5.41, 5.74) is 1.95. The van der Waals surface area contributed by atoms with Gasteiger partial charge in [0.2, 0.25) is 0 Å². The van der Waals surface area contributed by atoms with Crippen molar-refractivity contribution < 1.29 is 23.4 Å². The maximum absolute atomic E-state index is 12.4. The number of hydrogen-bond acceptors (Lipinski definition) is 6. The first kappa shape index (κ1) is 18.5. The zero-order valence-corrected chi connectivity index (χ0v) is 15.4. The van der Waals surface area contributed by atoms with Gasteiger partial charge in [0.1, 0.15) is 23.7 Å². The predicted octanol–water partition coefficient (Wildman–Crippen LogP) is 3.73. The Kier molecular flexibility index (Phi) is 5.45. The van der Waals surface area contributed by atoms with Gasteiger partial charge in [0.15, 0.2) is 0 Å². The van der Waals surface area contributed by atoms with Crippen molar-refractivity contribution in [3.8, 4) is 11.5 Å². The number of benzene rings is 2. The molecular formula is C21H20O6. The summed E-state index contributed by atoms with van der Waals surface area (Å²) in [7, 11) is 3.01. The molecule has 0 aliphatic carbocycles. The van der Waals surface area contributed by atoms with Crippen LogP contribution in [0.4, 0.5) is 0 Å². The Morgan fingerprint density at radius 3 is 2.33 bits per heavy atom. The molecule has 140 valence electrons. The maximum Gasteiger partial charge on any atom is 0.338 e. The minimum Gasteiger partial charge on any atom is -0.497 e. The number of hydrogen-bond donors (Lipinski definition) is 0. The van der Waals surface area contributed by atoms with Gasteiger partial charge in [-0.15, -0.1) is 0 Å². The highest BCUT2D eigenvalue weighted by Crippen LogP contribution is 2.24. The van der Waals surface area contributed by atoms with Crippen LogP contribution in [-0.4, -0.2) is 20.2 Å². The van der Waals surface area contributed by atoms with E-state index >= 15 is 0 Å². The molecule has 27 heavy (non-hydrogen) atoms. The third-order valence-corrected chi connectivity index (χ3v) is 4.25. The molecule has 1 aromatic heterocycles. The standard InChI is InChI=1S/C21H20O6/c1-4-13-5-6-18-15(10-20(22)27-19(18)7-13)12-26-21(23)14-8-16(24-2)11-17(9-14)25-3/h5-11H,4,12H2,1-3H3. The molecule has 0 fully saturated rings. The largest absolute Gasteiger partial charge is 0.497 e. The van der Waals surface area contributed by atoms with E-state index < -0.39 is 11.6 Å². The Labute approximate surface area is 156 Å². The van der Waals surface area contributed by atoms with E-state index in [0.29, 0.717) is 28.2 Å². The number of carbonyl (C=O) groups is 1. The summed E-state index contributed by atoms with van der Waals surface area (Å²) < 4.78 is 21.0. The summed E-state index contributed by atoms with van der Waals surface area (Å²) in [4.78, 5) is 24.3. The van der Waals surface area contributed by atoms with E-state index in [2.05, 4.69) is 0 Å². The van der Waals surface area contributed by atoms with Crippen LogP contribution >= 0.6 is 0 Å². The van der Waals surface area contributed by atoms with Crippen LogP contribution in [0.15, 0.2) is 51.7 Å².